The first-order valence-electron chi connectivity index (χ1n) is 7.88. The van der Waals surface area contributed by atoms with E-state index in [1.807, 2.05) is 20.8 Å². The van der Waals surface area contributed by atoms with Crippen LogP contribution in [0.3, 0.4) is 0 Å². The molecule has 2 aliphatic rings. The predicted molar refractivity (Wildman–Crippen MR) is 83.2 cm³/mol. The molecule has 0 bridgehead atoms. The zero-order valence-electron chi connectivity index (χ0n) is 13.4. The molecule has 6 nitrogen and oxygen atoms in total. The van der Waals surface area contributed by atoms with Crippen molar-refractivity contribution in [2.75, 3.05) is 19.6 Å². The molecule has 1 amide bonds. The summed E-state index contributed by atoms with van der Waals surface area (Å²) in [4.78, 5) is 18.3. The predicted octanol–water partition coefficient (Wildman–Crippen LogP) is 1.70. The Bertz CT molecular complexity index is 399. The number of nitrogens with two attached hydrogens (primary N) is 1. The Labute approximate surface area is 127 Å². The second-order valence-electron chi connectivity index (χ2n) is 7.08. The summed E-state index contributed by atoms with van der Waals surface area (Å²) >= 11 is 0. The Morgan fingerprint density at radius 2 is 2.10 bits per heavy atom. The summed E-state index contributed by atoms with van der Waals surface area (Å²) < 4.78 is 5.43. The number of carbonyl (C=O) groups is 1. The van der Waals surface area contributed by atoms with Crippen LogP contribution in [0.2, 0.25) is 0 Å². The van der Waals surface area contributed by atoms with E-state index in [4.69, 9.17) is 10.5 Å². The first-order valence-corrected chi connectivity index (χ1v) is 7.88. The number of piperidine rings is 1. The van der Waals surface area contributed by atoms with Crippen LogP contribution in [0.25, 0.3) is 0 Å². The smallest absolute Gasteiger partial charge is 0.410 e. The Kier molecular flexibility index (Phi) is 4.96. The van der Waals surface area contributed by atoms with Gasteiger partial charge in [-0.2, -0.15) is 0 Å². The van der Waals surface area contributed by atoms with Crippen molar-refractivity contribution in [3.63, 3.8) is 0 Å². The maximum atomic E-state index is 12.1. The summed E-state index contributed by atoms with van der Waals surface area (Å²) in [5, 5.41) is 3.18. The first-order chi connectivity index (χ1) is 9.83. The van der Waals surface area contributed by atoms with E-state index in [1.54, 1.807) is 4.90 Å². The average molecular weight is 296 g/mol. The molecule has 0 aromatic heterocycles. The second-order valence-corrected chi connectivity index (χ2v) is 7.08. The fourth-order valence-electron chi connectivity index (χ4n) is 2.42. The van der Waals surface area contributed by atoms with Gasteiger partial charge in [-0.15, -0.1) is 0 Å². The SMILES string of the molecule is CC(C)(C)OC(=O)N1CCCC(CN=C(N)NC2CC2)C1. The van der Waals surface area contributed by atoms with Crippen molar-refractivity contribution in [3.05, 3.63) is 0 Å². The van der Waals surface area contributed by atoms with Crippen molar-refractivity contribution >= 4 is 12.1 Å². The van der Waals surface area contributed by atoms with E-state index < -0.39 is 5.60 Å². The molecule has 1 aliphatic heterocycles. The molecule has 21 heavy (non-hydrogen) atoms. The molecule has 6 heteroatoms. The van der Waals surface area contributed by atoms with Gasteiger partial charge >= 0.3 is 6.09 Å². The zero-order valence-corrected chi connectivity index (χ0v) is 13.4. The summed E-state index contributed by atoms with van der Waals surface area (Å²) in [6.07, 6.45) is 4.23. The van der Waals surface area contributed by atoms with Gasteiger partial charge in [0.15, 0.2) is 5.96 Å². The number of hydrogen-bond acceptors (Lipinski definition) is 3. The van der Waals surface area contributed by atoms with Gasteiger partial charge in [-0.05, 0) is 52.4 Å². The molecule has 1 saturated heterocycles. The van der Waals surface area contributed by atoms with E-state index in [2.05, 4.69) is 10.3 Å². The van der Waals surface area contributed by atoms with Crippen LogP contribution in [0.5, 0.6) is 0 Å². The highest BCUT2D eigenvalue weighted by molar-refractivity contribution is 5.78. The van der Waals surface area contributed by atoms with Crippen molar-refractivity contribution < 1.29 is 9.53 Å². The van der Waals surface area contributed by atoms with Gasteiger partial charge in [0.25, 0.3) is 0 Å². The monoisotopic (exact) mass is 296 g/mol. The third-order valence-corrected chi connectivity index (χ3v) is 3.62. The fraction of sp³-hybridized carbons (Fsp3) is 0.867. The average Bonchev–Trinajstić information content (AvgIpc) is 3.19. The molecule has 120 valence electrons. The van der Waals surface area contributed by atoms with Crippen LogP contribution >= 0.6 is 0 Å². The first kappa shape index (κ1) is 15.9. The number of rotatable bonds is 3. The van der Waals surface area contributed by atoms with Gasteiger partial charge < -0.3 is 20.7 Å². The number of guanidine groups is 1. The van der Waals surface area contributed by atoms with Crippen LogP contribution in [0, 0.1) is 5.92 Å². The topological polar surface area (TPSA) is 80.0 Å². The van der Waals surface area contributed by atoms with Crippen molar-refractivity contribution in [2.24, 2.45) is 16.6 Å². The molecule has 2 fully saturated rings. The van der Waals surface area contributed by atoms with Crippen LogP contribution in [0.15, 0.2) is 4.99 Å². The summed E-state index contributed by atoms with van der Waals surface area (Å²) in [6, 6.07) is 0.526. The molecule has 0 radical (unpaired) electrons. The minimum absolute atomic E-state index is 0.222. The minimum atomic E-state index is -0.444. The van der Waals surface area contributed by atoms with Crippen molar-refractivity contribution in [1.29, 1.82) is 0 Å². The molecular formula is C15H28N4O2. The van der Waals surface area contributed by atoms with Gasteiger partial charge in [0.05, 0.1) is 0 Å². The van der Waals surface area contributed by atoms with E-state index in [1.165, 1.54) is 12.8 Å². The van der Waals surface area contributed by atoms with Gasteiger partial charge in [-0.25, -0.2) is 4.79 Å². The van der Waals surface area contributed by atoms with Gasteiger partial charge in [-0.3, -0.25) is 4.99 Å². The number of nitrogens with zero attached hydrogens (tertiary/aromatic N) is 2. The molecule has 0 aromatic carbocycles. The van der Waals surface area contributed by atoms with Gasteiger partial charge in [0, 0.05) is 25.7 Å². The van der Waals surface area contributed by atoms with Crippen molar-refractivity contribution in [1.82, 2.24) is 10.2 Å². The van der Waals surface area contributed by atoms with Crippen molar-refractivity contribution in [3.8, 4) is 0 Å². The molecule has 0 aromatic rings. The summed E-state index contributed by atoms with van der Waals surface area (Å²) in [5.74, 6) is 0.901. The number of likely N-dealkylation sites (tertiary alicyclic amines) is 1. The maximum Gasteiger partial charge on any atom is 0.410 e. The van der Waals surface area contributed by atoms with Crippen LogP contribution in [0.4, 0.5) is 4.79 Å². The summed E-state index contributed by atoms with van der Waals surface area (Å²) in [7, 11) is 0. The Morgan fingerprint density at radius 1 is 1.38 bits per heavy atom. The highest BCUT2D eigenvalue weighted by Gasteiger charge is 2.27. The molecule has 1 aliphatic carbocycles. The zero-order chi connectivity index (χ0) is 15.5. The summed E-state index contributed by atoms with van der Waals surface area (Å²) in [5.41, 5.74) is 5.40. The van der Waals surface area contributed by atoms with Gasteiger partial charge in [0.1, 0.15) is 5.60 Å². The van der Waals surface area contributed by atoms with E-state index in [9.17, 15) is 4.79 Å². The molecule has 3 N–H and O–H groups in total. The quantitative estimate of drug-likeness (QED) is 0.613. The highest BCUT2D eigenvalue weighted by atomic mass is 16.6. The fourth-order valence-corrected chi connectivity index (χ4v) is 2.42. The molecular weight excluding hydrogens is 268 g/mol. The molecule has 1 heterocycles. The standard InChI is InChI=1S/C15H28N4O2/c1-15(2,3)21-14(20)19-8-4-5-11(10-19)9-17-13(16)18-12-6-7-12/h11-12H,4-10H2,1-3H3,(H3,16,17,18). The normalized spacial score (nSPS) is 23.9. The van der Waals surface area contributed by atoms with E-state index in [-0.39, 0.29) is 6.09 Å². The Morgan fingerprint density at radius 3 is 2.71 bits per heavy atom. The lowest BCUT2D eigenvalue weighted by Crippen LogP contribution is -2.43. The molecule has 2 rings (SSSR count). The number of nitrogens with one attached hydrogen (secondary N) is 1. The Balaban J connectivity index is 1.78. The van der Waals surface area contributed by atoms with Crippen molar-refractivity contribution in [2.45, 2.75) is 58.1 Å². The van der Waals surface area contributed by atoms with Gasteiger partial charge in [0.2, 0.25) is 0 Å². The Hall–Kier alpha value is -1.46. The van der Waals surface area contributed by atoms with Crippen LogP contribution < -0.4 is 11.1 Å². The lowest BCUT2D eigenvalue weighted by atomic mass is 9.98. The van der Waals surface area contributed by atoms with Crippen LogP contribution in [0.1, 0.15) is 46.5 Å². The number of ether oxygens (including phenoxy) is 1. The third-order valence-electron chi connectivity index (χ3n) is 3.62. The van der Waals surface area contributed by atoms with Crippen LogP contribution in [-0.4, -0.2) is 48.2 Å². The number of carbonyl (C=O) groups excluding carboxylic acids is 1. The second kappa shape index (κ2) is 6.54. The maximum absolute atomic E-state index is 12.1. The van der Waals surface area contributed by atoms with E-state index >= 15 is 0 Å². The third kappa shape index (κ3) is 5.81. The molecule has 1 atom stereocenters. The largest absolute Gasteiger partial charge is 0.444 e. The lowest BCUT2D eigenvalue weighted by molar-refractivity contribution is 0.0171. The highest BCUT2D eigenvalue weighted by Crippen LogP contribution is 2.20. The molecule has 1 unspecified atom stereocenters. The van der Waals surface area contributed by atoms with Gasteiger partial charge in [-0.1, -0.05) is 0 Å². The lowest BCUT2D eigenvalue weighted by Gasteiger charge is -2.33. The molecule has 0 spiro atoms. The minimum Gasteiger partial charge on any atom is -0.444 e. The molecule has 1 saturated carbocycles. The van der Waals surface area contributed by atoms with Crippen LogP contribution in [-0.2, 0) is 4.74 Å². The summed E-state index contributed by atoms with van der Waals surface area (Å²) in [6.45, 7) is 7.81. The number of aliphatic imine (C=N–C) groups is 1. The number of hydrogen-bond donors (Lipinski definition) is 2. The van der Waals surface area contributed by atoms with E-state index in [0.29, 0.717) is 31.0 Å². The van der Waals surface area contributed by atoms with E-state index in [0.717, 1.165) is 19.4 Å². The number of amides is 1.